The second kappa shape index (κ2) is 7.53. The summed E-state index contributed by atoms with van der Waals surface area (Å²) in [5, 5.41) is 2.64. The first kappa shape index (κ1) is 19.4. The lowest BCUT2D eigenvalue weighted by atomic mass is 9.86. The Bertz CT molecular complexity index is 769. The predicted molar refractivity (Wildman–Crippen MR) is 93.6 cm³/mol. The number of hydrogen-bond donors (Lipinski definition) is 1. The highest BCUT2D eigenvalue weighted by Crippen LogP contribution is 2.28. The van der Waals surface area contributed by atoms with E-state index in [0.29, 0.717) is 11.3 Å². The van der Waals surface area contributed by atoms with Gasteiger partial charge in [-0.2, -0.15) is 0 Å². The van der Waals surface area contributed by atoms with Crippen molar-refractivity contribution < 1.29 is 22.7 Å². The maximum Gasteiger partial charge on any atom is 0.309 e. The Kier molecular flexibility index (Phi) is 5.84. The number of carbonyl (C=O) groups is 2. The van der Waals surface area contributed by atoms with Crippen molar-refractivity contribution in [3.8, 4) is 0 Å². The van der Waals surface area contributed by atoms with Crippen LogP contribution in [-0.4, -0.2) is 44.8 Å². The molecule has 1 aliphatic rings. The van der Waals surface area contributed by atoms with Gasteiger partial charge in [-0.1, -0.05) is 12.5 Å². The first-order valence-corrected chi connectivity index (χ1v) is 9.61. The van der Waals surface area contributed by atoms with Gasteiger partial charge in [0.15, 0.2) is 6.10 Å². The molecule has 8 heteroatoms. The number of nitrogens with one attached hydrogen (secondary N) is 1. The predicted octanol–water partition coefficient (Wildman–Crippen LogP) is 1.92. The summed E-state index contributed by atoms with van der Waals surface area (Å²) in [5.41, 5.74) is 1.09. The maximum atomic E-state index is 12.3. The largest absolute Gasteiger partial charge is 0.452 e. The first-order valence-electron chi connectivity index (χ1n) is 8.17. The van der Waals surface area contributed by atoms with Gasteiger partial charge in [0, 0.05) is 19.8 Å². The fraction of sp³-hybridized carbons (Fsp3) is 0.529. The zero-order chi connectivity index (χ0) is 18.8. The highest BCUT2D eigenvalue weighted by atomic mass is 32.2. The maximum absolute atomic E-state index is 12.3. The fourth-order valence-electron chi connectivity index (χ4n) is 2.31. The molecule has 0 spiro atoms. The number of sulfonamides is 1. The molecule has 25 heavy (non-hydrogen) atoms. The number of amides is 1. The van der Waals surface area contributed by atoms with Gasteiger partial charge in [0.2, 0.25) is 10.0 Å². The van der Waals surface area contributed by atoms with Crippen molar-refractivity contribution in [2.45, 2.75) is 44.1 Å². The molecular weight excluding hydrogens is 344 g/mol. The Labute approximate surface area is 148 Å². The second-order valence-electron chi connectivity index (χ2n) is 6.46. The standard InChI is InChI=1S/C17H24N2O5S/c1-11-8-9-14(25(22,23)19(3)4)10-15(11)18-16(20)12(2)24-17(21)13-6-5-7-13/h8-10,12-13H,5-7H2,1-4H3,(H,18,20)/t12-/m1/s1. The van der Waals surface area contributed by atoms with Crippen LogP contribution in [0.25, 0.3) is 0 Å². The van der Waals surface area contributed by atoms with E-state index in [4.69, 9.17) is 4.74 Å². The minimum atomic E-state index is -3.60. The van der Waals surface area contributed by atoms with E-state index >= 15 is 0 Å². The quantitative estimate of drug-likeness (QED) is 0.775. The molecule has 138 valence electrons. The molecule has 2 rings (SSSR count). The molecule has 1 amide bonds. The van der Waals surface area contributed by atoms with Crippen LogP contribution in [0.2, 0.25) is 0 Å². The minimum absolute atomic E-state index is 0.0810. The van der Waals surface area contributed by atoms with E-state index in [9.17, 15) is 18.0 Å². The summed E-state index contributed by atoms with van der Waals surface area (Å²) >= 11 is 0. The number of rotatable bonds is 6. The van der Waals surface area contributed by atoms with Gasteiger partial charge in [-0.05, 0) is 44.4 Å². The van der Waals surface area contributed by atoms with Crippen LogP contribution < -0.4 is 5.32 Å². The lowest BCUT2D eigenvalue weighted by Crippen LogP contribution is -2.34. The highest BCUT2D eigenvalue weighted by Gasteiger charge is 2.29. The van der Waals surface area contributed by atoms with Gasteiger partial charge in [0.25, 0.3) is 5.91 Å². The molecule has 0 radical (unpaired) electrons. The number of benzene rings is 1. The molecule has 0 bridgehead atoms. The molecule has 0 unspecified atom stereocenters. The lowest BCUT2D eigenvalue weighted by molar-refractivity contribution is -0.159. The number of nitrogens with zero attached hydrogens (tertiary/aromatic N) is 1. The van der Waals surface area contributed by atoms with Crippen molar-refractivity contribution in [3.05, 3.63) is 23.8 Å². The van der Waals surface area contributed by atoms with Crippen LogP contribution in [0, 0.1) is 12.8 Å². The molecular formula is C17H24N2O5S. The van der Waals surface area contributed by atoms with Crippen molar-refractivity contribution in [2.75, 3.05) is 19.4 Å². The SMILES string of the molecule is Cc1ccc(S(=O)(=O)N(C)C)cc1NC(=O)[C@@H](C)OC(=O)C1CCC1. The van der Waals surface area contributed by atoms with Gasteiger partial charge in [-0.25, -0.2) is 12.7 Å². The zero-order valence-electron chi connectivity index (χ0n) is 14.9. The van der Waals surface area contributed by atoms with E-state index in [0.717, 1.165) is 23.6 Å². The van der Waals surface area contributed by atoms with E-state index in [-0.39, 0.29) is 16.8 Å². The van der Waals surface area contributed by atoms with Gasteiger partial charge < -0.3 is 10.1 Å². The molecule has 1 N–H and O–H groups in total. The van der Waals surface area contributed by atoms with Crippen LogP contribution in [0.3, 0.4) is 0 Å². The molecule has 0 aliphatic heterocycles. The minimum Gasteiger partial charge on any atom is -0.452 e. The second-order valence-corrected chi connectivity index (χ2v) is 8.61. The molecule has 1 aromatic rings. The van der Waals surface area contributed by atoms with Gasteiger partial charge in [0.1, 0.15) is 0 Å². The summed E-state index contributed by atoms with van der Waals surface area (Å²) in [6, 6.07) is 4.51. The van der Waals surface area contributed by atoms with Crippen LogP contribution in [0.1, 0.15) is 31.7 Å². The van der Waals surface area contributed by atoms with Crippen molar-refractivity contribution >= 4 is 27.6 Å². The number of carbonyl (C=O) groups excluding carboxylic acids is 2. The van der Waals surface area contributed by atoms with Gasteiger partial charge in [-0.15, -0.1) is 0 Å². The smallest absolute Gasteiger partial charge is 0.309 e. The third-order valence-electron chi connectivity index (χ3n) is 4.35. The normalized spacial score (nSPS) is 16.2. The molecule has 0 aromatic heterocycles. The summed E-state index contributed by atoms with van der Waals surface area (Å²) in [5.74, 6) is -0.949. The Morgan fingerprint density at radius 3 is 2.44 bits per heavy atom. The Morgan fingerprint density at radius 2 is 1.92 bits per heavy atom. The van der Waals surface area contributed by atoms with Crippen LogP contribution in [0.15, 0.2) is 23.1 Å². The molecule has 1 aliphatic carbocycles. The van der Waals surface area contributed by atoms with E-state index < -0.39 is 22.0 Å². The topological polar surface area (TPSA) is 92.8 Å². The monoisotopic (exact) mass is 368 g/mol. The Balaban J connectivity index is 2.10. The third-order valence-corrected chi connectivity index (χ3v) is 6.16. The average Bonchev–Trinajstić information content (AvgIpc) is 2.46. The first-order chi connectivity index (χ1) is 11.6. The van der Waals surface area contributed by atoms with Crippen LogP contribution in [0.4, 0.5) is 5.69 Å². The number of aryl methyl sites for hydroxylation is 1. The fourth-order valence-corrected chi connectivity index (χ4v) is 3.24. The van der Waals surface area contributed by atoms with E-state index in [2.05, 4.69) is 5.32 Å². The summed E-state index contributed by atoms with van der Waals surface area (Å²) in [7, 11) is -0.722. The molecule has 1 aromatic carbocycles. The molecule has 0 saturated heterocycles. The molecule has 1 fully saturated rings. The van der Waals surface area contributed by atoms with Gasteiger partial charge >= 0.3 is 5.97 Å². The molecule has 1 atom stereocenters. The van der Waals surface area contributed by atoms with Crippen LogP contribution in [-0.2, 0) is 24.3 Å². The Hall–Kier alpha value is -1.93. The summed E-state index contributed by atoms with van der Waals surface area (Å²) in [6.45, 7) is 3.26. The number of esters is 1. The summed E-state index contributed by atoms with van der Waals surface area (Å²) in [4.78, 5) is 24.2. The van der Waals surface area contributed by atoms with E-state index in [1.54, 1.807) is 13.0 Å². The number of hydrogen-bond acceptors (Lipinski definition) is 5. The highest BCUT2D eigenvalue weighted by molar-refractivity contribution is 7.89. The molecule has 1 saturated carbocycles. The number of anilines is 1. The van der Waals surface area contributed by atoms with E-state index in [1.807, 2.05) is 0 Å². The van der Waals surface area contributed by atoms with Crippen LogP contribution in [0.5, 0.6) is 0 Å². The van der Waals surface area contributed by atoms with Crippen molar-refractivity contribution in [2.24, 2.45) is 5.92 Å². The lowest BCUT2D eigenvalue weighted by Gasteiger charge is -2.25. The van der Waals surface area contributed by atoms with Crippen molar-refractivity contribution in [1.29, 1.82) is 0 Å². The summed E-state index contributed by atoms with van der Waals surface area (Å²) < 4.78 is 30.7. The van der Waals surface area contributed by atoms with E-state index in [1.165, 1.54) is 33.2 Å². The molecule has 0 heterocycles. The van der Waals surface area contributed by atoms with Gasteiger partial charge in [-0.3, -0.25) is 9.59 Å². The zero-order valence-corrected chi connectivity index (χ0v) is 15.7. The average molecular weight is 368 g/mol. The van der Waals surface area contributed by atoms with Crippen LogP contribution >= 0.6 is 0 Å². The number of ether oxygens (including phenoxy) is 1. The third kappa shape index (κ3) is 4.38. The van der Waals surface area contributed by atoms with Gasteiger partial charge in [0.05, 0.1) is 10.8 Å². The molecule has 7 nitrogen and oxygen atoms in total. The summed E-state index contributed by atoms with van der Waals surface area (Å²) in [6.07, 6.45) is 1.67. The van der Waals surface area contributed by atoms with Crippen molar-refractivity contribution in [1.82, 2.24) is 4.31 Å². The Morgan fingerprint density at radius 1 is 1.28 bits per heavy atom. The van der Waals surface area contributed by atoms with Crippen molar-refractivity contribution in [3.63, 3.8) is 0 Å².